The van der Waals surface area contributed by atoms with E-state index in [1.54, 1.807) is 6.08 Å². The van der Waals surface area contributed by atoms with Crippen LogP contribution in [-0.2, 0) is 6.42 Å². The molecule has 5 rings (SSSR count). The molecular formula is C28H23N3O. The van der Waals surface area contributed by atoms with Crippen molar-refractivity contribution in [2.24, 2.45) is 4.99 Å². The Morgan fingerprint density at radius 3 is 2.12 bits per heavy atom. The lowest BCUT2D eigenvalue weighted by Gasteiger charge is -2.18. The smallest absolute Gasteiger partial charge is 0.197 e. The van der Waals surface area contributed by atoms with Gasteiger partial charge in [0.15, 0.2) is 5.43 Å². The molecule has 0 amide bonds. The Labute approximate surface area is 186 Å². The van der Waals surface area contributed by atoms with Gasteiger partial charge in [0.05, 0.1) is 22.5 Å². The van der Waals surface area contributed by atoms with Crippen molar-refractivity contribution < 1.29 is 0 Å². The second-order valence-electron chi connectivity index (χ2n) is 7.83. The van der Waals surface area contributed by atoms with Gasteiger partial charge in [0, 0.05) is 23.0 Å². The first kappa shape index (κ1) is 19.9. The molecule has 156 valence electrons. The third-order valence-electron chi connectivity index (χ3n) is 5.80. The Morgan fingerprint density at radius 1 is 0.781 bits per heavy atom. The van der Waals surface area contributed by atoms with Gasteiger partial charge in [-0.3, -0.25) is 15.2 Å². The lowest BCUT2D eigenvalue weighted by atomic mass is 10.0. The number of hydrogen-bond donors (Lipinski definition) is 1. The van der Waals surface area contributed by atoms with E-state index in [9.17, 15) is 4.79 Å². The molecule has 0 fully saturated rings. The van der Waals surface area contributed by atoms with Gasteiger partial charge < -0.3 is 4.57 Å². The second kappa shape index (κ2) is 8.60. The molecular weight excluding hydrogens is 394 g/mol. The largest absolute Gasteiger partial charge is 0.309 e. The van der Waals surface area contributed by atoms with E-state index in [-0.39, 0.29) is 5.43 Å². The fourth-order valence-electron chi connectivity index (χ4n) is 4.28. The maximum atomic E-state index is 13.1. The van der Waals surface area contributed by atoms with E-state index in [0.717, 1.165) is 46.0 Å². The van der Waals surface area contributed by atoms with E-state index in [2.05, 4.69) is 27.8 Å². The van der Waals surface area contributed by atoms with Crippen molar-refractivity contribution in [2.45, 2.75) is 12.8 Å². The quantitative estimate of drug-likeness (QED) is 0.254. The summed E-state index contributed by atoms with van der Waals surface area (Å²) >= 11 is 0. The van der Waals surface area contributed by atoms with Crippen LogP contribution < -0.4 is 5.43 Å². The highest BCUT2D eigenvalue weighted by Crippen LogP contribution is 2.26. The third-order valence-corrected chi connectivity index (χ3v) is 5.80. The van der Waals surface area contributed by atoms with Crippen molar-refractivity contribution >= 4 is 33.2 Å². The molecule has 1 N–H and O–H groups in total. The average Bonchev–Trinajstić information content (AvgIpc) is 2.84. The molecule has 0 atom stereocenters. The molecule has 4 heteroatoms. The summed E-state index contributed by atoms with van der Waals surface area (Å²) in [6, 6.07) is 24.0. The van der Waals surface area contributed by atoms with Gasteiger partial charge >= 0.3 is 0 Å². The van der Waals surface area contributed by atoms with E-state index < -0.39 is 0 Å². The van der Waals surface area contributed by atoms with Crippen LogP contribution in [0.3, 0.4) is 0 Å². The summed E-state index contributed by atoms with van der Waals surface area (Å²) in [7, 11) is 0. The molecule has 4 aromatic rings. The standard InChI is InChI=1S/C28H23N3O/c29-23-14-4-5-15-24(23)30-19-9-11-20-10-1-6-16-25(20)31-26-17-7-2-12-21(26)28(32)22-13-3-8-18-27(22)31/h1-8,10,12-18,29H,9,11,19H2. The average molecular weight is 418 g/mol. The minimum absolute atomic E-state index is 0.0674. The molecule has 0 unspecified atom stereocenters. The molecule has 0 saturated heterocycles. The van der Waals surface area contributed by atoms with Gasteiger partial charge in [-0.15, -0.1) is 0 Å². The molecule has 1 aliphatic carbocycles. The van der Waals surface area contributed by atoms with Crippen molar-refractivity contribution in [3.63, 3.8) is 0 Å². The Balaban J connectivity index is 1.55. The van der Waals surface area contributed by atoms with Gasteiger partial charge in [-0.05, 0) is 60.9 Å². The molecule has 0 aliphatic heterocycles. The summed E-state index contributed by atoms with van der Waals surface area (Å²) in [5.41, 5.74) is 5.38. The molecule has 0 bridgehead atoms. The van der Waals surface area contributed by atoms with Crippen LogP contribution in [0.1, 0.15) is 12.0 Å². The number of pyridine rings is 1. The third kappa shape index (κ3) is 3.60. The van der Waals surface area contributed by atoms with E-state index in [4.69, 9.17) is 5.41 Å². The van der Waals surface area contributed by atoms with E-state index in [1.807, 2.05) is 72.8 Å². The minimum Gasteiger partial charge on any atom is -0.309 e. The number of fused-ring (bicyclic) bond motifs is 2. The summed E-state index contributed by atoms with van der Waals surface area (Å²) in [5, 5.41) is 9.42. The predicted octanol–water partition coefficient (Wildman–Crippen LogP) is 5.66. The number of benzene rings is 3. The number of rotatable bonds is 5. The number of nitrogens with zero attached hydrogens (tertiary/aromatic N) is 2. The first-order valence-corrected chi connectivity index (χ1v) is 10.8. The molecule has 3 aromatic carbocycles. The summed E-state index contributed by atoms with van der Waals surface area (Å²) in [5.74, 6) is 0. The van der Waals surface area contributed by atoms with Gasteiger partial charge in [0.25, 0.3) is 0 Å². The number of aliphatic imine (C=N–C) groups is 1. The Morgan fingerprint density at radius 2 is 1.41 bits per heavy atom. The van der Waals surface area contributed by atoms with Gasteiger partial charge in [-0.1, -0.05) is 54.6 Å². The molecule has 1 aromatic heterocycles. The zero-order valence-corrected chi connectivity index (χ0v) is 17.7. The van der Waals surface area contributed by atoms with Crippen LogP contribution >= 0.6 is 0 Å². The number of para-hydroxylation sites is 3. The lowest BCUT2D eigenvalue weighted by Crippen LogP contribution is -2.12. The number of aryl methyl sites for hydroxylation is 1. The normalized spacial score (nSPS) is 14.6. The molecule has 32 heavy (non-hydrogen) atoms. The van der Waals surface area contributed by atoms with Crippen molar-refractivity contribution in [3.8, 4) is 5.69 Å². The SMILES string of the molecule is N=C1C=CC=CC1=NCCCc1ccccc1-n1c2ccccc2c(=O)c2ccccc21. The molecule has 0 spiro atoms. The predicted molar refractivity (Wildman–Crippen MR) is 134 cm³/mol. The zero-order chi connectivity index (χ0) is 21.9. The second-order valence-corrected chi connectivity index (χ2v) is 7.83. The van der Waals surface area contributed by atoms with Crippen LogP contribution in [-0.4, -0.2) is 22.5 Å². The van der Waals surface area contributed by atoms with Crippen molar-refractivity contribution in [1.82, 2.24) is 4.57 Å². The highest BCUT2D eigenvalue weighted by molar-refractivity contribution is 6.49. The molecule has 0 radical (unpaired) electrons. The van der Waals surface area contributed by atoms with Gasteiger partial charge in [-0.2, -0.15) is 0 Å². The highest BCUT2D eigenvalue weighted by Gasteiger charge is 2.13. The van der Waals surface area contributed by atoms with Crippen molar-refractivity contribution in [3.05, 3.63) is 113 Å². The minimum atomic E-state index is 0.0674. The molecule has 1 aliphatic rings. The summed E-state index contributed by atoms with van der Waals surface area (Å²) < 4.78 is 2.21. The summed E-state index contributed by atoms with van der Waals surface area (Å²) in [4.78, 5) is 17.7. The van der Waals surface area contributed by atoms with Gasteiger partial charge in [0.2, 0.25) is 0 Å². The van der Waals surface area contributed by atoms with Crippen molar-refractivity contribution in [2.75, 3.05) is 6.54 Å². The maximum absolute atomic E-state index is 13.1. The number of allylic oxidation sites excluding steroid dienone is 4. The van der Waals surface area contributed by atoms with Crippen LogP contribution in [0.4, 0.5) is 0 Å². The topological polar surface area (TPSA) is 58.2 Å². The monoisotopic (exact) mass is 417 g/mol. The molecule has 4 nitrogen and oxygen atoms in total. The van der Waals surface area contributed by atoms with E-state index in [0.29, 0.717) is 12.3 Å². The van der Waals surface area contributed by atoms with Crippen LogP contribution in [0.5, 0.6) is 0 Å². The molecule has 0 saturated carbocycles. The van der Waals surface area contributed by atoms with Crippen molar-refractivity contribution in [1.29, 1.82) is 5.41 Å². The van der Waals surface area contributed by atoms with Crippen LogP contribution in [0.25, 0.3) is 27.5 Å². The fourth-order valence-corrected chi connectivity index (χ4v) is 4.28. The fraction of sp³-hybridized carbons (Fsp3) is 0.107. The Hall–Kier alpha value is -4.05. The number of aromatic nitrogens is 1. The summed E-state index contributed by atoms with van der Waals surface area (Å²) in [6.45, 7) is 0.663. The van der Waals surface area contributed by atoms with E-state index in [1.165, 1.54) is 5.56 Å². The Kier molecular flexibility index (Phi) is 5.34. The Bertz CT molecular complexity index is 1430. The number of hydrogen-bond acceptors (Lipinski definition) is 3. The summed E-state index contributed by atoms with van der Waals surface area (Å²) in [6.07, 6.45) is 9.15. The first-order chi connectivity index (χ1) is 15.7. The van der Waals surface area contributed by atoms with Gasteiger partial charge in [-0.25, -0.2) is 0 Å². The zero-order valence-electron chi connectivity index (χ0n) is 17.7. The van der Waals surface area contributed by atoms with E-state index >= 15 is 0 Å². The number of nitrogens with one attached hydrogen (secondary N) is 1. The first-order valence-electron chi connectivity index (χ1n) is 10.8. The lowest BCUT2D eigenvalue weighted by molar-refractivity contribution is 0.829. The highest BCUT2D eigenvalue weighted by atomic mass is 16.1. The maximum Gasteiger partial charge on any atom is 0.197 e. The van der Waals surface area contributed by atoms with Crippen LogP contribution in [0.2, 0.25) is 0 Å². The van der Waals surface area contributed by atoms with Gasteiger partial charge in [0.1, 0.15) is 0 Å². The van der Waals surface area contributed by atoms with Crippen LogP contribution in [0, 0.1) is 5.41 Å². The molecule has 1 heterocycles. The van der Waals surface area contributed by atoms with Crippen LogP contribution in [0.15, 0.2) is 107 Å².